The molecule has 2 N–H and O–H groups in total. The van der Waals surface area contributed by atoms with Gasteiger partial charge in [0, 0.05) is 77.8 Å². The summed E-state index contributed by atoms with van der Waals surface area (Å²) in [5, 5.41) is 6.45. The second-order valence-electron chi connectivity index (χ2n) is 9.46. The lowest BCUT2D eigenvalue weighted by Crippen LogP contribution is -2.36. The van der Waals surface area contributed by atoms with Gasteiger partial charge in [-0.1, -0.05) is 12.1 Å². The predicted octanol–water partition coefficient (Wildman–Crippen LogP) is 4.86. The first-order chi connectivity index (χ1) is 19.2. The lowest BCUT2D eigenvalue weighted by Gasteiger charge is -2.28. The summed E-state index contributed by atoms with van der Waals surface area (Å²) < 4.78 is 7.42. The Kier molecular flexibility index (Phi) is 5.75. The highest BCUT2D eigenvalue weighted by atomic mass is 16.5. The maximum absolute atomic E-state index is 12.8. The number of nitrogens with one attached hydrogen (secondary N) is 2. The number of morpholine rings is 1. The van der Waals surface area contributed by atoms with Gasteiger partial charge in [-0.3, -0.25) is 9.78 Å². The van der Waals surface area contributed by atoms with Crippen LogP contribution in [0.3, 0.4) is 0 Å². The van der Waals surface area contributed by atoms with Crippen molar-refractivity contribution in [2.24, 2.45) is 0 Å². The average Bonchev–Trinajstić information content (AvgIpc) is 3.58. The molecule has 0 atom stereocenters. The number of rotatable bonds is 5. The van der Waals surface area contributed by atoms with Crippen LogP contribution in [0.25, 0.3) is 28.6 Å². The van der Waals surface area contributed by atoms with Crippen molar-refractivity contribution in [2.75, 3.05) is 41.8 Å². The SMILES string of the molecule is O=C1Nc2cc(-c3cn4ccnc4c(Nc4ccc(N5CCOCC5)cc4)n3)ccc2C1=Cc1ccncc1. The minimum atomic E-state index is -0.125. The first-order valence-electron chi connectivity index (χ1n) is 12.8. The number of ether oxygens (including phenoxy) is 1. The maximum Gasteiger partial charge on any atom is 0.256 e. The predicted molar refractivity (Wildman–Crippen MR) is 152 cm³/mol. The molecule has 0 spiro atoms. The number of carbonyl (C=O) groups is 1. The van der Waals surface area contributed by atoms with Crippen LogP contribution in [-0.4, -0.2) is 51.6 Å². The largest absolute Gasteiger partial charge is 0.378 e. The molecule has 9 nitrogen and oxygen atoms in total. The maximum atomic E-state index is 12.8. The number of pyridine rings is 1. The third-order valence-corrected chi connectivity index (χ3v) is 7.00. The summed E-state index contributed by atoms with van der Waals surface area (Å²) in [6.07, 6.45) is 10.9. The van der Waals surface area contributed by atoms with Crippen LogP contribution < -0.4 is 15.5 Å². The van der Waals surface area contributed by atoms with E-state index in [0.29, 0.717) is 11.4 Å². The zero-order chi connectivity index (χ0) is 26.2. The molecule has 1 fully saturated rings. The molecule has 1 amide bonds. The zero-order valence-corrected chi connectivity index (χ0v) is 21.0. The van der Waals surface area contributed by atoms with Crippen molar-refractivity contribution in [3.8, 4) is 11.3 Å². The minimum Gasteiger partial charge on any atom is -0.378 e. The van der Waals surface area contributed by atoms with Crippen molar-refractivity contribution in [3.05, 3.63) is 96.7 Å². The van der Waals surface area contributed by atoms with Gasteiger partial charge in [-0.25, -0.2) is 9.97 Å². The molecule has 2 aliphatic heterocycles. The van der Waals surface area contributed by atoms with Gasteiger partial charge in [0.2, 0.25) is 0 Å². The van der Waals surface area contributed by atoms with Gasteiger partial charge in [-0.05, 0) is 54.1 Å². The van der Waals surface area contributed by atoms with Crippen molar-refractivity contribution in [1.29, 1.82) is 0 Å². The molecule has 0 saturated carbocycles. The Morgan fingerprint density at radius 1 is 0.974 bits per heavy atom. The number of amides is 1. The summed E-state index contributed by atoms with van der Waals surface area (Å²) in [7, 11) is 0. The first kappa shape index (κ1) is 23.1. The molecule has 1 saturated heterocycles. The van der Waals surface area contributed by atoms with Crippen LogP contribution in [0, 0.1) is 0 Å². The quantitative estimate of drug-likeness (QED) is 0.323. The number of imidazole rings is 1. The van der Waals surface area contributed by atoms with Crippen LogP contribution in [0.1, 0.15) is 11.1 Å². The molecule has 9 heteroatoms. The van der Waals surface area contributed by atoms with Crippen molar-refractivity contribution in [2.45, 2.75) is 0 Å². The Labute approximate surface area is 224 Å². The number of anilines is 4. The molecule has 5 aromatic rings. The van der Waals surface area contributed by atoms with E-state index in [1.165, 1.54) is 5.69 Å². The molecule has 39 heavy (non-hydrogen) atoms. The lowest BCUT2D eigenvalue weighted by atomic mass is 10.0. The monoisotopic (exact) mass is 515 g/mol. The van der Waals surface area contributed by atoms with Crippen molar-refractivity contribution < 1.29 is 9.53 Å². The number of carbonyl (C=O) groups excluding carboxylic acids is 1. The Morgan fingerprint density at radius 3 is 2.62 bits per heavy atom. The topological polar surface area (TPSA) is 96.7 Å². The summed E-state index contributed by atoms with van der Waals surface area (Å²) in [6, 6.07) is 18.0. The van der Waals surface area contributed by atoms with Crippen LogP contribution in [-0.2, 0) is 9.53 Å². The van der Waals surface area contributed by atoms with Crippen LogP contribution in [0.2, 0.25) is 0 Å². The summed E-state index contributed by atoms with van der Waals surface area (Å²) in [4.78, 5) is 28.6. The molecule has 2 aromatic carbocycles. The number of hydrogen-bond acceptors (Lipinski definition) is 7. The Balaban J connectivity index is 1.19. The summed E-state index contributed by atoms with van der Waals surface area (Å²) >= 11 is 0. The third-order valence-electron chi connectivity index (χ3n) is 7.00. The molecule has 192 valence electrons. The van der Waals surface area contributed by atoms with E-state index in [-0.39, 0.29) is 5.91 Å². The van der Waals surface area contributed by atoms with Gasteiger partial charge in [-0.2, -0.15) is 0 Å². The molecule has 0 aliphatic carbocycles. The smallest absolute Gasteiger partial charge is 0.256 e. The van der Waals surface area contributed by atoms with E-state index in [9.17, 15) is 4.79 Å². The fraction of sp³-hybridized carbons (Fsp3) is 0.133. The highest BCUT2D eigenvalue weighted by Crippen LogP contribution is 2.36. The highest BCUT2D eigenvalue weighted by Gasteiger charge is 2.25. The van der Waals surface area contributed by atoms with E-state index in [1.807, 2.05) is 53.2 Å². The van der Waals surface area contributed by atoms with E-state index in [2.05, 4.69) is 49.8 Å². The van der Waals surface area contributed by atoms with Crippen LogP contribution in [0.15, 0.2) is 85.6 Å². The molecule has 3 aromatic heterocycles. The van der Waals surface area contributed by atoms with Gasteiger partial charge in [0.15, 0.2) is 11.5 Å². The molecule has 0 bridgehead atoms. The molecule has 0 radical (unpaired) electrons. The number of fused-ring (bicyclic) bond motifs is 2. The van der Waals surface area contributed by atoms with Crippen molar-refractivity contribution >= 4 is 46.1 Å². The Bertz CT molecular complexity index is 1710. The number of aromatic nitrogens is 4. The van der Waals surface area contributed by atoms with Crippen molar-refractivity contribution in [3.63, 3.8) is 0 Å². The second kappa shape index (κ2) is 9.70. The lowest BCUT2D eigenvalue weighted by molar-refractivity contribution is -0.110. The molecule has 2 aliphatic rings. The van der Waals surface area contributed by atoms with Crippen LogP contribution in [0.5, 0.6) is 0 Å². The van der Waals surface area contributed by atoms with Crippen LogP contribution >= 0.6 is 0 Å². The normalized spacial score (nSPS) is 15.9. The zero-order valence-electron chi connectivity index (χ0n) is 21.0. The molecular weight excluding hydrogens is 490 g/mol. The molecule has 0 unspecified atom stereocenters. The number of nitrogens with zero attached hydrogens (tertiary/aromatic N) is 5. The standard InChI is InChI=1S/C30H25N7O2/c38-30-25(17-20-7-9-31-10-8-20)24-6-1-21(18-26(24)35-30)27-19-37-12-11-32-29(37)28(34-27)33-22-2-4-23(5-3-22)36-13-15-39-16-14-36/h1-12,17-19H,13-16H2,(H,33,34)(H,35,38). The summed E-state index contributed by atoms with van der Waals surface area (Å²) in [5.74, 6) is 0.527. The molecule has 7 rings (SSSR count). The Morgan fingerprint density at radius 2 is 1.79 bits per heavy atom. The van der Waals surface area contributed by atoms with E-state index in [1.54, 1.807) is 18.6 Å². The van der Waals surface area contributed by atoms with Crippen molar-refractivity contribution in [1.82, 2.24) is 19.4 Å². The fourth-order valence-electron chi connectivity index (χ4n) is 4.99. The first-order valence-corrected chi connectivity index (χ1v) is 12.8. The number of hydrogen-bond donors (Lipinski definition) is 2. The van der Waals surface area contributed by atoms with Gasteiger partial charge >= 0.3 is 0 Å². The van der Waals surface area contributed by atoms with E-state index in [0.717, 1.165) is 65.7 Å². The average molecular weight is 516 g/mol. The van der Waals surface area contributed by atoms with E-state index >= 15 is 0 Å². The second-order valence-corrected chi connectivity index (χ2v) is 9.46. The molecule has 5 heterocycles. The fourth-order valence-corrected chi connectivity index (χ4v) is 4.99. The van der Waals surface area contributed by atoms with E-state index in [4.69, 9.17) is 9.72 Å². The molecular formula is C30H25N7O2. The summed E-state index contributed by atoms with van der Waals surface area (Å²) in [5.41, 5.74) is 7.66. The number of benzene rings is 2. The Hall–Kier alpha value is -5.02. The minimum absolute atomic E-state index is 0.125. The van der Waals surface area contributed by atoms with Gasteiger partial charge in [0.1, 0.15) is 0 Å². The third kappa shape index (κ3) is 4.49. The van der Waals surface area contributed by atoms with E-state index < -0.39 is 0 Å². The van der Waals surface area contributed by atoms with Gasteiger partial charge in [0.05, 0.1) is 18.9 Å². The summed E-state index contributed by atoms with van der Waals surface area (Å²) in [6.45, 7) is 3.30. The van der Waals surface area contributed by atoms with Crippen LogP contribution in [0.4, 0.5) is 22.9 Å². The van der Waals surface area contributed by atoms with Gasteiger partial charge in [0.25, 0.3) is 5.91 Å². The highest BCUT2D eigenvalue weighted by molar-refractivity contribution is 6.35. The van der Waals surface area contributed by atoms with Gasteiger partial charge < -0.3 is 24.7 Å². The van der Waals surface area contributed by atoms with Gasteiger partial charge in [-0.15, -0.1) is 0 Å².